The monoisotopic (exact) mass is 288 g/mol. The van der Waals surface area contributed by atoms with Crippen molar-refractivity contribution >= 4 is 24.0 Å². The highest BCUT2D eigenvalue weighted by atomic mass is 32.1. The van der Waals surface area contributed by atoms with E-state index in [-0.39, 0.29) is 11.2 Å². The van der Waals surface area contributed by atoms with Gasteiger partial charge in [0.25, 0.3) is 0 Å². The van der Waals surface area contributed by atoms with Crippen LogP contribution < -0.4 is 5.59 Å². The highest BCUT2D eigenvalue weighted by Gasteiger charge is 2.52. The minimum Gasteiger partial charge on any atom is -0.398 e. The Labute approximate surface area is 123 Å². The van der Waals surface area contributed by atoms with Gasteiger partial charge < -0.3 is 9.31 Å². The molecule has 1 fully saturated rings. The van der Waals surface area contributed by atoms with Gasteiger partial charge in [0.1, 0.15) is 0 Å². The number of rotatable bonds is 2. The van der Waals surface area contributed by atoms with Crippen LogP contribution in [0.4, 0.5) is 0 Å². The van der Waals surface area contributed by atoms with Crippen LogP contribution in [0, 0.1) is 0 Å². The molecule has 3 rings (SSSR count). The smallest absolute Gasteiger partial charge is 0.398 e. The van der Waals surface area contributed by atoms with Gasteiger partial charge in [0.05, 0.1) is 32.9 Å². The van der Waals surface area contributed by atoms with Crippen molar-refractivity contribution in [1.29, 1.82) is 0 Å². The second-order valence-corrected chi connectivity index (χ2v) is 6.79. The van der Waals surface area contributed by atoms with Gasteiger partial charge >= 0.3 is 7.12 Å². The Morgan fingerprint density at radius 2 is 1.80 bits per heavy atom. The summed E-state index contributed by atoms with van der Waals surface area (Å²) in [5.74, 6) is 0. The lowest BCUT2D eigenvalue weighted by molar-refractivity contribution is 0.00578. The number of aromatic nitrogens is 2. The first-order valence-electron chi connectivity index (χ1n) is 6.60. The average Bonchev–Trinajstić information content (AvgIpc) is 2.97. The summed E-state index contributed by atoms with van der Waals surface area (Å²) < 4.78 is 12.1. The van der Waals surface area contributed by atoms with Crippen molar-refractivity contribution in [3.8, 4) is 10.6 Å². The van der Waals surface area contributed by atoms with Crippen LogP contribution in [0.1, 0.15) is 27.7 Å². The predicted octanol–water partition coefficient (Wildman–Crippen LogP) is 2.50. The molecule has 2 aromatic rings. The zero-order valence-electron chi connectivity index (χ0n) is 12.1. The molecule has 0 amide bonds. The summed E-state index contributed by atoms with van der Waals surface area (Å²) in [6.45, 7) is 8.17. The lowest BCUT2D eigenvalue weighted by Crippen LogP contribution is -2.41. The Balaban J connectivity index is 1.91. The maximum atomic E-state index is 6.03. The van der Waals surface area contributed by atoms with Gasteiger partial charge in [0.2, 0.25) is 0 Å². The van der Waals surface area contributed by atoms with Crippen LogP contribution in [0.15, 0.2) is 29.9 Å². The van der Waals surface area contributed by atoms with Crippen LogP contribution in [0.25, 0.3) is 10.6 Å². The molecule has 0 spiro atoms. The lowest BCUT2D eigenvalue weighted by Gasteiger charge is -2.32. The number of hydrogen-bond donors (Lipinski definition) is 0. The minimum atomic E-state index is -0.423. The molecule has 0 saturated carbocycles. The van der Waals surface area contributed by atoms with Crippen LogP contribution in [-0.4, -0.2) is 28.3 Å². The molecule has 20 heavy (non-hydrogen) atoms. The fourth-order valence-corrected chi connectivity index (χ4v) is 2.62. The van der Waals surface area contributed by atoms with E-state index in [1.165, 1.54) is 0 Å². The van der Waals surface area contributed by atoms with Crippen LogP contribution in [-0.2, 0) is 9.31 Å². The summed E-state index contributed by atoms with van der Waals surface area (Å²) >= 11 is 1.57. The molecule has 104 valence electrons. The largest absolute Gasteiger partial charge is 0.514 e. The first-order chi connectivity index (χ1) is 9.39. The summed E-state index contributed by atoms with van der Waals surface area (Å²) in [4.78, 5) is 9.78. The van der Waals surface area contributed by atoms with E-state index in [1.807, 2.05) is 52.1 Å². The Hall–Kier alpha value is -1.24. The Bertz CT molecular complexity index is 597. The van der Waals surface area contributed by atoms with E-state index in [0.717, 1.165) is 16.2 Å². The molecule has 1 aliphatic heterocycles. The molecule has 0 aliphatic carbocycles. The third-order valence-electron chi connectivity index (χ3n) is 3.95. The third kappa shape index (κ3) is 2.28. The number of pyridine rings is 1. The lowest BCUT2D eigenvalue weighted by atomic mass is 9.84. The number of nitrogens with zero attached hydrogens (tertiary/aromatic N) is 2. The van der Waals surface area contributed by atoms with Crippen molar-refractivity contribution in [3.63, 3.8) is 0 Å². The Kier molecular flexibility index (Phi) is 3.19. The van der Waals surface area contributed by atoms with Crippen molar-refractivity contribution < 1.29 is 9.31 Å². The van der Waals surface area contributed by atoms with Crippen LogP contribution >= 0.6 is 11.3 Å². The first kappa shape index (κ1) is 13.7. The summed E-state index contributed by atoms with van der Waals surface area (Å²) in [5.41, 5.74) is 2.81. The molecule has 0 N–H and O–H groups in total. The molecular weight excluding hydrogens is 271 g/mol. The van der Waals surface area contributed by atoms with Gasteiger partial charge in [-0.25, -0.2) is 0 Å². The quantitative estimate of drug-likeness (QED) is 0.796. The van der Waals surface area contributed by atoms with Gasteiger partial charge in [0, 0.05) is 6.20 Å². The van der Waals surface area contributed by atoms with Gasteiger partial charge in [-0.2, -0.15) is 0 Å². The van der Waals surface area contributed by atoms with Crippen LogP contribution in [0.5, 0.6) is 0 Å². The normalized spacial score (nSPS) is 20.3. The SMILES string of the molecule is CC1(C)OB(c2cccc(-c3cncs3)n2)OC1(C)C. The van der Waals surface area contributed by atoms with Crippen molar-refractivity contribution in [1.82, 2.24) is 9.97 Å². The van der Waals surface area contributed by atoms with Crippen LogP contribution in [0.2, 0.25) is 0 Å². The van der Waals surface area contributed by atoms with Gasteiger partial charge in [-0.15, -0.1) is 11.3 Å². The van der Waals surface area contributed by atoms with E-state index in [2.05, 4.69) is 9.97 Å². The van der Waals surface area contributed by atoms with Crippen molar-refractivity contribution in [2.24, 2.45) is 0 Å². The standard InChI is InChI=1S/C14H17BN2O2S/c1-13(2)14(3,4)19-15(18-13)12-7-5-6-10(17-12)11-8-16-9-20-11/h5-9H,1-4H3. The predicted molar refractivity (Wildman–Crippen MR) is 81.1 cm³/mol. The highest BCUT2D eigenvalue weighted by molar-refractivity contribution is 7.13. The van der Waals surface area contributed by atoms with Crippen molar-refractivity contribution in [2.75, 3.05) is 0 Å². The Morgan fingerprint density at radius 1 is 1.10 bits per heavy atom. The molecule has 6 heteroatoms. The van der Waals surface area contributed by atoms with Gasteiger partial charge in [-0.05, 0) is 39.8 Å². The minimum absolute atomic E-state index is 0.347. The third-order valence-corrected chi connectivity index (χ3v) is 4.75. The molecule has 4 nitrogen and oxygen atoms in total. The zero-order chi connectivity index (χ0) is 14.4. The summed E-state index contributed by atoms with van der Waals surface area (Å²) in [6.07, 6.45) is 1.82. The first-order valence-corrected chi connectivity index (χ1v) is 7.48. The van der Waals surface area contributed by atoms with Gasteiger partial charge in [-0.3, -0.25) is 9.97 Å². The average molecular weight is 288 g/mol. The van der Waals surface area contributed by atoms with E-state index in [1.54, 1.807) is 16.8 Å². The molecular formula is C14H17BN2O2S. The summed E-state index contributed by atoms with van der Waals surface area (Å²) in [5, 5.41) is 0. The fraction of sp³-hybridized carbons (Fsp3) is 0.429. The topological polar surface area (TPSA) is 44.2 Å². The van der Waals surface area contributed by atoms with Crippen molar-refractivity contribution in [3.05, 3.63) is 29.9 Å². The van der Waals surface area contributed by atoms with Gasteiger partial charge in [0.15, 0.2) is 0 Å². The fourth-order valence-electron chi connectivity index (χ4n) is 2.03. The Morgan fingerprint density at radius 3 is 2.40 bits per heavy atom. The molecule has 0 aromatic carbocycles. The summed E-state index contributed by atoms with van der Waals surface area (Å²) in [6, 6.07) is 5.89. The van der Waals surface area contributed by atoms with Crippen molar-refractivity contribution in [2.45, 2.75) is 38.9 Å². The second kappa shape index (κ2) is 4.65. The maximum Gasteiger partial charge on any atom is 0.514 e. The highest BCUT2D eigenvalue weighted by Crippen LogP contribution is 2.36. The van der Waals surface area contributed by atoms with E-state index >= 15 is 0 Å². The molecule has 0 radical (unpaired) electrons. The maximum absolute atomic E-state index is 6.03. The zero-order valence-corrected chi connectivity index (χ0v) is 12.9. The number of thiazole rings is 1. The van der Waals surface area contributed by atoms with E-state index < -0.39 is 7.12 Å². The molecule has 0 bridgehead atoms. The van der Waals surface area contributed by atoms with E-state index in [9.17, 15) is 0 Å². The molecule has 1 saturated heterocycles. The van der Waals surface area contributed by atoms with Crippen LogP contribution in [0.3, 0.4) is 0 Å². The van der Waals surface area contributed by atoms with E-state index in [0.29, 0.717) is 0 Å². The van der Waals surface area contributed by atoms with E-state index in [4.69, 9.17) is 9.31 Å². The second-order valence-electron chi connectivity index (χ2n) is 5.90. The number of hydrogen-bond acceptors (Lipinski definition) is 5. The molecule has 0 unspecified atom stereocenters. The molecule has 1 aliphatic rings. The molecule has 3 heterocycles. The molecule has 2 aromatic heterocycles. The summed E-state index contributed by atoms with van der Waals surface area (Å²) in [7, 11) is -0.423. The van der Waals surface area contributed by atoms with Gasteiger partial charge in [-0.1, -0.05) is 6.07 Å². The molecule has 0 atom stereocenters.